The normalized spacial score (nSPS) is 11.9. The van der Waals surface area contributed by atoms with Crippen LogP contribution in [0.25, 0.3) is 5.31 Å². The smallest absolute Gasteiger partial charge is 0.232 e. The van der Waals surface area contributed by atoms with E-state index in [9.17, 15) is 9.13 Å². The van der Waals surface area contributed by atoms with Crippen LogP contribution in [-0.2, 0) is 9.13 Å². The molecule has 0 saturated carbocycles. The van der Waals surface area contributed by atoms with E-state index in [0.717, 1.165) is 5.56 Å². The monoisotopic (exact) mass is 206 g/mol. The van der Waals surface area contributed by atoms with E-state index in [-0.39, 0.29) is 0 Å². The summed E-state index contributed by atoms with van der Waals surface area (Å²) in [7, 11) is -2.54. The van der Waals surface area contributed by atoms with Crippen molar-refractivity contribution in [2.24, 2.45) is 0 Å². The first-order chi connectivity index (χ1) is 6.75. The van der Waals surface area contributed by atoms with Crippen LogP contribution >= 0.6 is 7.68 Å². The first kappa shape index (κ1) is 10.7. The van der Waals surface area contributed by atoms with Gasteiger partial charge >= 0.3 is 7.68 Å². The Labute approximate surface area is 83.8 Å². The van der Waals surface area contributed by atoms with Crippen LogP contribution in [0.1, 0.15) is 12.5 Å². The SMILES string of the molecule is CC=CC=C(c1ccccc1)P(=O)=O. The summed E-state index contributed by atoms with van der Waals surface area (Å²) in [6, 6.07) is 9.05. The van der Waals surface area contributed by atoms with Gasteiger partial charge in [0, 0.05) is 0 Å². The third-order valence-electron chi connectivity index (χ3n) is 1.71. The molecule has 1 aromatic rings. The van der Waals surface area contributed by atoms with Gasteiger partial charge in [-0.15, -0.1) is 0 Å². The lowest BCUT2D eigenvalue weighted by molar-refractivity contribution is 0.523. The van der Waals surface area contributed by atoms with E-state index in [0.29, 0.717) is 5.31 Å². The number of allylic oxidation sites excluding steroid dienone is 3. The molecule has 0 radical (unpaired) electrons. The molecule has 14 heavy (non-hydrogen) atoms. The van der Waals surface area contributed by atoms with Crippen molar-refractivity contribution in [2.75, 3.05) is 0 Å². The molecule has 0 aromatic heterocycles. The molecule has 0 saturated heterocycles. The second kappa shape index (κ2) is 5.36. The van der Waals surface area contributed by atoms with Crippen LogP contribution in [0.15, 0.2) is 48.6 Å². The summed E-state index contributed by atoms with van der Waals surface area (Å²) >= 11 is 0. The predicted octanol–water partition coefficient (Wildman–Crippen LogP) is 3.78. The van der Waals surface area contributed by atoms with E-state index in [1.54, 1.807) is 30.4 Å². The summed E-state index contributed by atoms with van der Waals surface area (Å²) in [6.45, 7) is 1.84. The predicted molar refractivity (Wildman–Crippen MR) is 57.5 cm³/mol. The van der Waals surface area contributed by atoms with E-state index in [1.165, 1.54) is 0 Å². The number of rotatable bonds is 3. The number of benzene rings is 1. The second-order valence-corrected chi connectivity index (χ2v) is 3.70. The summed E-state index contributed by atoms with van der Waals surface area (Å²) in [5.41, 5.74) is 0.724. The van der Waals surface area contributed by atoms with Gasteiger partial charge in [0.25, 0.3) is 0 Å². The van der Waals surface area contributed by atoms with Gasteiger partial charge in [-0.25, -0.2) is 9.13 Å². The Hall–Kier alpha value is -1.40. The van der Waals surface area contributed by atoms with Crippen LogP contribution in [0.3, 0.4) is 0 Å². The zero-order valence-corrected chi connectivity index (χ0v) is 8.78. The van der Waals surface area contributed by atoms with E-state index in [4.69, 9.17) is 0 Å². The van der Waals surface area contributed by atoms with Gasteiger partial charge < -0.3 is 0 Å². The highest BCUT2D eigenvalue weighted by Crippen LogP contribution is 2.30. The largest absolute Gasteiger partial charge is 0.349 e. The third kappa shape index (κ3) is 2.82. The zero-order chi connectivity index (χ0) is 10.4. The highest BCUT2D eigenvalue weighted by Gasteiger charge is 2.04. The van der Waals surface area contributed by atoms with E-state index in [2.05, 4.69) is 0 Å². The molecule has 0 spiro atoms. The van der Waals surface area contributed by atoms with E-state index >= 15 is 0 Å². The molecule has 0 atom stereocenters. The Kier molecular flexibility index (Phi) is 4.09. The molecule has 0 bridgehead atoms. The lowest BCUT2D eigenvalue weighted by atomic mass is 10.2. The Balaban J connectivity index is 3.14. The molecule has 0 aliphatic carbocycles. The minimum atomic E-state index is -2.54. The van der Waals surface area contributed by atoms with Crippen molar-refractivity contribution in [1.29, 1.82) is 0 Å². The topological polar surface area (TPSA) is 34.1 Å². The molecule has 1 aromatic carbocycles. The molecular weight excluding hydrogens is 195 g/mol. The number of hydrogen-bond donors (Lipinski definition) is 0. The van der Waals surface area contributed by atoms with Crippen molar-refractivity contribution in [3.8, 4) is 0 Å². The standard InChI is InChI=1S/C11H11O2P/c1-2-3-9-11(14(12)13)10-7-5-4-6-8-10/h2-9H,1H3. The van der Waals surface area contributed by atoms with Crippen LogP contribution in [0, 0.1) is 0 Å². The summed E-state index contributed by atoms with van der Waals surface area (Å²) in [6.07, 6.45) is 5.11. The second-order valence-electron chi connectivity index (χ2n) is 2.70. The van der Waals surface area contributed by atoms with Gasteiger partial charge in [0.15, 0.2) is 0 Å². The van der Waals surface area contributed by atoms with Crippen molar-refractivity contribution in [1.82, 2.24) is 0 Å². The molecule has 0 fully saturated rings. The van der Waals surface area contributed by atoms with Gasteiger partial charge in [0.05, 0.1) is 5.31 Å². The summed E-state index contributed by atoms with van der Waals surface area (Å²) in [5, 5.41) is 0.346. The highest BCUT2D eigenvalue weighted by molar-refractivity contribution is 7.44. The van der Waals surface area contributed by atoms with Gasteiger partial charge in [0.2, 0.25) is 0 Å². The van der Waals surface area contributed by atoms with Crippen molar-refractivity contribution in [3.05, 3.63) is 54.1 Å². The molecule has 1 rings (SSSR count). The van der Waals surface area contributed by atoms with Crippen LogP contribution in [-0.4, -0.2) is 0 Å². The van der Waals surface area contributed by atoms with Gasteiger partial charge in [-0.1, -0.05) is 42.5 Å². The Morgan fingerprint density at radius 3 is 2.36 bits per heavy atom. The minimum Gasteiger partial charge on any atom is -0.232 e. The maximum Gasteiger partial charge on any atom is 0.349 e. The molecule has 0 aliphatic heterocycles. The van der Waals surface area contributed by atoms with Crippen LogP contribution in [0.4, 0.5) is 0 Å². The van der Waals surface area contributed by atoms with Crippen LogP contribution < -0.4 is 0 Å². The quantitative estimate of drug-likeness (QED) is 0.557. The average Bonchev–Trinajstić information content (AvgIpc) is 2.19. The molecule has 72 valence electrons. The van der Waals surface area contributed by atoms with Crippen molar-refractivity contribution in [2.45, 2.75) is 6.92 Å². The van der Waals surface area contributed by atoms with E-state index < -0.39 is 7.68 Å². The van der Waals surface area contributed by atoms with Crippen molar-refractivity contribution >= 4 is 13.0 Å². The van der Waals surface area contributed by atoms with E-state index in [1.807, 2.05) is 25.1 Å². The fourth-order valence-corrected chi connectivity index (χ4v) is 1.63. The Bertz CT molecular complexity index is 406. The molecular formula is C11H11O2P. The fourth-order valence-electron chi connectivity index (χ4n) is 1.06. The highest BCUT2D eigenvalue weighted by atomic mass is 31.1. The lowest BCUT2D eigenvalue weighted by Crippen LogP contribution is -1.75. The van der Waals surface area contributed by atoms with Gasteiger partial charge in [0.1, 0.15) is 0 Å². The Morgan fingerprint density at radius 2 is 1.86 bits per heavy atom. The third-order valence-corrected chi connectivity index (χ3v) is 2.51. The maximum atomic E-state index is 10.9. The van der Waals surface area contributed by atoms with Gasteiger partial charge in [-0.2, -0.15) is 0 Å². The molecule has 0 unspecified atom stereocenters. The summed E-state index contributed by atoms with van der Waals surface area (Å²) < 4.78 is 21.9. The average molecular weight is 206 g/mol. The lowest BCUT2D eigenvalue weighted by Gasteiger charge is -1.95. The molecule has 3 heteroatoms. The summed E-state index contributed by atoms with van der Waals surface area (Å²) in [5.74, 6) is 0. The van der Waals surface area contributed by atoms with Crippen molar-refractivity contribution in [3.63, 3.8) is 0 Å². The minimum absolute atomic E-state index is 0.346. The molecule has 0 aliphatic rings. The molecule has 0 N–H and O–H groups in total. The molecule has 2 nitrogen and oxygen atoms in total. The van der Waals surface area contributed by atoms with Crippen molar-refractivity contribution < 1.29 is 9.13 Å². The number of hydrogen-bond acceptors (Lipinski definition) is 2. The van der Waals surface area contributed by atoms with Crippen LogP contribution in [0.2, 0.25) is 0 Å². The summed E-state index contributed by atoms with van der Waals surface area (Å²) in [4.78, 5) is 0. The van der Waals surface area contributed by atoms with Gasteiger partial charge in [-0.05, 0) is 18.6 Å². The Morgan fingerprint density at radius 1 is 1.21 bits per heavy atom. The first-order valence-electron chi connectivity index (χ1n) is 4.28. The van der Waals surface area contributed by atoms with Crippen LogP contribution in [0.5, 0.6) is 0 Å². The van der Waals surface area contributed by atoms with Gasteiger partial charge in [-0.3, -0.25) is 0 Å². The molecule has 0 amide bonds. The zero-order valence-electron chi connectivity index (χ0n) is 7.88. The fraction of sp³-hybridized carbons (Fsp3) is 0.0909. The molecule has 0 heterocycles. The maximum absolute atomic E-state index is 10.9. The first-order valence-corrected chi connectivity index (χ1v) is 5.46.